The predicted octanol–water partition coefficient (Wildman–Crippen LogP) is 4.46. The zero-order valence-electron chi connectivity index (χ0n) is 15.9. The van der Waals surface area contributed by atoms with Gasteiger partial charge in [-0.1, -0.05) is 6.92 Å². The molecule has 1 aliphatic rings. The summed E-state index contributed by atoms with van der Waals surface area (Å²) in [7, 11) is 0. The summed E-state index contributed by atoms with van der Waals surface area (Å²) in [6, 6.07) is 3.15. The fraction of sp³-hybridized carbons (Fsp3) is 0.579. The van der Waals surface area contributed by atoms with Gasteiger partial charge in [0.15, 0.2) is 0 Å². The molecule has 0 aromatic heterocycles. The van der Waals surface area contributed by atoms with Crippen LogP contribution in [0.5, 0.6) is 0 Å². The van der Waals surface area contributed by atoms with Crippen molar-refractivity contribution in [3.8, 4) is 0 Å². The highest BCUT2D eigenvalue weighted by Gasteiger charge is 2.35. The molecule has 1 aliphatic heterocycles. The van der Waals surface area contributed by atoms with E-state index < -0.39 is 23.8 Å². The molecule has 1 aromatic carbocycles. The number of benzene rings is 1. The van der Waals surface area contributed by atoms with Crippen LogP contribution in [-0.4, -0.2) is 48.3 Å². The molecule has 0 unspecified atom stereocenters. The highest BCUT2D eigenvalue weighted by Crippen LogP contribution is 2.37. The average Bonchev–Trinajstić information content (AvgIpc) is 2.61. The van der Waals surface area contributed by atoms with Crippen LogP contribution in [0, 0.1) is 5.41 Å². The third-order valence-electron chi connectivity index (χ3n) is 5.12. The van der Waals surface area contributed by atoms with Crippen LogP contribution < -0.4 is 5.32 Å². The van der Waals surface area contributed by atoms with Crippen molar-refractivity contribution < 1.29 is 32.6 Å². The average molecular weight is 402 g/mol. The molecule has 6 nitrogen and oxygen atoms in total. The minimum Gasteiger partial charge on any atom is -0.465 e. The highest BCUT2D eigenvalue weighted by molar-refractivity contribution is 5.91. The first-order valence-corrected chi connectivity index (χ1v) is 9.16. The van der Waals surface area contributed by atoms with Crippen molar-refractivity contribution in [1.29, 1.82) is 0 Å². The number of carbonyl (C=O) groups excluding carboxylic acids is 1. The van der Waals surface area contributed by atoms with E-state index in [9.17, 15) is 22.8 Å². The van der Waals surface area contributed by atoms with Crippen LogP contribution in [0.4, 0.5) is 23.7 Å². The second kappa shape index (κ2) is 8.70. The number of alkyl halides is 3. The topological polar surface area (TPSA) is 78.9 Å². The lowest BCUT2D eigenvalue weighted by molar-refractivity contribution is -0.137. The Morgan fingerprint density at radius 2 is 1.93 bits per heavy atom. The molecule has 1 aromatic rings. The summed E-state index contributed by atoms with van der Waals surface area (Å²) in [5.41, 5.74) is -1.11. The molecule has 0 atom stereocenters. The lowest BCUT2D eigenvalue weighted by Crippen LogP contribution is -2.42. The van der Waals surface area contributed by atoms with Crippen molar-refractivity contribution in [2.24, 2.45) is 5.41 Å². The monoisotopic (exact) mass is 402 g/mol. The first-order valence-electron chi connectivity index (χ1n) is 9.16. The second-order valence-corrected chi connectivity index (χ2v) is 7.24. The number of hydrogen-bond acceptors (Lipinski definition) is 4. The van der Waals surface area contributed by atoms with Gasteiger partial charge in [0.05, 0.1) is 17.7 Å². The van der Waals surface area contributed by atoms with Gasteiger partial charge in [-0.2, -0.15) is 13.2 Å². The van der Waals surface area contributed by atoms with Gasteiger partial charge < -0.3 is 20.1 Å². The largest absolute Gasteiger partial charge is 0.465 e. The maximum atomic E-state index is 13.3. The Kier molecular flexibility index (Phi) is 6.79. The van der Waals surface area contributed by atoms with Crippen LogP contribution in [0.1, 0.15) is 49.0 Å². The Balaban J connectivity index is 2.06. The van der Waals surface area contributed by atoms with Gasteiger partial charge in [-0.15, -0.1) is 0 Å². The van der Waals surface area contributed by atoms with Gasteiger partial charge in [-0.3, -0.25) is 0 Å². The number of likely N-dealkylation sites (tertiary alicyclic amines) is 1. The van der Waals surface area contributed by atoms with Gasteiger partial charge in [0, 0.05) is 25.3 Å². The third kappa shape index (κ3) is 5.53. The van der Waals surface area contributed by atoms with E-state index in [4.69, 9.17) is 9.84 Å². The lowest BCUT2D eigenvalue weighted by Gasteiger charge is -2.38. The van der Waals surface area contributed by atoms with Crippen LogP contribution in [0.3, 0.4) is 0 Å². The molecule has 0 bridgehead atoms. The van der Waals surface area contributed by atoms with Crippen molar-refractivity contribution >= 4 is 17.7 Å². The summed E-state index contributed by atoms with van der Waals surface area (Å²) >= 11 is 0. The molecule has 1 fully saturated rings. The van der Waals surface area contributed by atoms with Crippen molar-refractivity contribution in [3.05, 3.63) is 29.3 Å². The Bertz CT molecular complexity index is 714. The van der Waals surface area contributed by atoms with Crippen molar-refractivity contribution in [2.45, 2.75) is 39.3 Å². The van der Waals surface area contributed by atoms with Gasteiger partial charge in [-0.05, 0) is 49.8 Å². The lowest BCUT2D eigenvalue weighted by atomic mass is 9.77. The van der Waals surface area contributed by atoms with Gasteiger partial charge in [0.1, 0.15) is 0 Å². The summed E-state index contributed by atoms with van der Waals surface area (Å²) in [4.78, 5) is 24.2. The number of carbonyl (C=O) groups is 2. The van der Waals surface area contributed by atoms with E-state index >= 15 is 0 Å². The molecule has 1 heterocycles. The Morgan fingerprint density at radius 3 is 2.46 bits per heavy atom. The zero-order chi connectivity index (χ0) is 20.9. The van der Waals surface area contributed by atoms with Gasteiger partial charge >= 0.3 is 18.2 Å². The summed E-state index contributed by atoms with van der Waals surface area (Å²) in [5, 5.41) is 11.8. The quantitative estimate of drug-likeness (QED) is 0.687. The maximum Gasteiger partial charge on any atom is 0.418 e. The molecule has 0 saturated carbocycles. The van der Waals surface area contributed by atoms with E-state index in [2.05, 4.69) is 5.32 Å². The van der Waals surface area contributed by atoms with Gasteiger partial charge in [0.2, 0.25) is 0 Å². The Morgan fingerprint density at radius 1 is 1.29 bits per heavy atom. The molecule has 2 rings (SSSR count). The maximum absolute atomic E-state index is 13.3. The number of piperidine rings is 1. The number of hydrogen-bond donors (Lipinski definition) is 2. The number of anilines is 1. The SMILES string of the molecule is CCOC(=O)c1ccc(C(F)(F)F)c(NCCC2(C)CCN(C(=O)O)CC2)c1. The Labute approximate surface area is 161 Å². The number of rotatable bonds is 6. The molecule has 2 N–H and O–H groups in total. The standard InChI is InChI=1S/C19H25F3N2O4/c1-3-28-16(25)13-4-5-14(19(20,21)22)15(12-13)23-9-6-18(2)7-10-24(11-8-18)17(26)27/h4-5,12,23H,3,6-11H2,1-2H3,(H,26,27). The van der Waals surface area contributed by atoms with Crippen LogP contribution in [0.2, 0.25) is 0 Å². The van der Waals surface area contributed by atoms with Gasteiger partial charge in [-0.25, -0.2) is 9.59 Å². The van der Waals surface area contributed by atoms with E-state index in [0.717, 1.165) is 18.2 Å². The fourth-order valence-electron chi connectivity index (χ4n) is 3.27. The zero-order valence-corrected chi connectivity index (χ0v) is 15.9. The third-order valence-corrected chi connectivity index (χ3v) is 5.12. The highest BCUT2D eigenvalue weighted by atomic mass is 19.4. The number of amides is 1. The minimum absolute atomic E-state index is 0.0540. The van der Waals surface area contributed by atoms with E-state index in [1.54, 1.807) is 6.92 Å². The van der Waals surface area contributed by atoms with Crippen molar-refractivity contribution in [1.82, 2.24) is 4.90 Å². The molecule has 0 spiro atoms. The minimum atomic E-state index is -4.55. The fourth-order valence-corrected chi connectivity index (χ4v) is 3.27. The number of nitrogens with one attached hydrogen (secondary N) is 1. The molecule has 1 saturated heterocycles. The number of halogens is 3. The van der Waals surface area contributed by atoms with Crippen molar-refractivity contribution in [3.63, 3.8) is 0 Å². The Hall–Kier alpha value is -2.45. The van der Waals surface area contributed by atoms with Crippen molar-refractivity contribution in [2.75, 3.05) is 31.6 Å². The van der Waals surface area contributed by atoms with E-state index in [1.165, 1.54) is 4.90 Å². The first kappa shape index (κ1) is 21.8. The number of carboxylic acid groups (broad SMARTS) is 1. The molecule has 0 aliphatic carbocycles. The predicted molar refractivity (Wildman–Crippen MR) is 97.4 cm³/mol. The van der Waals surface area contributed by atoms with Crippen LogP contribution >= 0.6 is 0 Å². The molecule has 28 heavy (non-hydrogen) atoms. The summed E-state index contributed by atoms with van der Waals surface area (Å²) in [6.07, 6.45) is -3.62. The van der Waals surface area contributed by atoms with Gasteiger partial charge in [0.25, 0.3) is 0 Å². The summed E-state index contributed by atoms with van der Waals surface area (Å²) in [6.45, 7) is 4.87. The molecular weight excluding hydrogens is 377 g/mol. The smallest absolute Gasteiger partial charge is 0.418 e. The van der Waals surface area contributed by atoms with E-state index in [1.807, 2.05) is 6.92 Å². The first-order chi connectivity index (χ1) is 13.1. The van der Waals surface area contributed by atoms with E-state index in [0.29, 0.717) is 32.4 Å². The van der Waals surface area contributed by atoms with E-state index in [-0.39, 0.29) is 29.8 Å². The molecule has 0 radical (unpaired) electrons. The van der Waals surface area contributed by atoms with Crippen LogP contribution in [0.25, 0.3) is 0 Å². The normalized spacial score (nSPS) is 16.5. The number of ether oxygens (including phenoxy) is 1. The second-order valence-electron chi connectivity index (χ2n) is 7.24. The summed E-state index contributed by atoms with van der Waals surface area (Å²) < 4.78 is 44.7. The number of esters is 1. The molecule has 1 amide bonds. The molecule has 9 heteroatoms. The molecule has 156 valence electrons. The van der Waals surface area contributed by atoms with Crippen LogP contribution in [-0.2, 0) is 10.9 Å². The molecular formula is C19H25F3N2O4. The summed E-state index contributed by atoms with van der Waals surface area (Å²) in [5.74, 6) is -0.674. The number of nitrogens with zero attached hydrogens (tertiary/aromatic N) is 1. The van der Waals surface area contributed by atoms with Crippen LogP contribution in [0.15, 0.2) is 18.2 Å².